The second-order valence-corrected chi connectivity index (χ2v) is 7.31. The van der Waals surface area contributed by atoms with Crippen LogP contribution < -0.4 is 15.5 Å². The van der Waals surface area contributed by atoms with E-state index < -0.39 is 11.8 Å². The lowest BCUT2D eigenvalue weighted by atomic mass is 9.96. The molecule has 150 valence electrons. The summed E-state index contributed by atoms with van der Waals surface area (Å²) in [6, 6.07) is 7.73. The molecule has 1 aromatic heterocycles. The fourth-order valence-corrected chi connectivity index (χ4v) is 3.54. The lowest BCUT2D eigenvalue weighted by Gasteiger charge is -2.32. The first-order chi connectivity index (χ1) is 14.0. The van der Waals surface area contributed by atoms with Crippen LogP contribution in [0.4, 0.5) is 11.5 Å². The van der Waals surface area contributed by atoms with E-state index in [0.717, 1.165) is 37.1 Å². The molecule has 1 fully saturated rings. The highest BCUT2D eigenvalue weighted by Gasteiger charge is 2.23. The SMILES string of the molecule is Cc1cc(C)cc(NC(=O)C(=O)NCC2CCN(c3nccnc3C#N)CC2)c1. The van der Waals surface area contributed by atoms with Crippen molar-refractivity contribution in [3.05, 3.63) is 47.4 Å². The molecular weight excluding hydrogens is 368 g/mol. The van der Waals surface area contributed by atoms with Gasteiger partial charge in [0, 0.05) is 37.7 Å². The average Bonchev–Trinajstić information content (AvgIpc) is 2.71. The summed E-state index contributed by atoms with van der Waals surface area (Å²) in [5.74, 6) is -0.422. The van der Waals surface area contributed by atoms with Gasteiger partial charge in [0.15, 0.2) is 11.5 Å². The molecule has 2 amide bonds. The summed E-state index contributed by atoms with van der Waals surface area (Å²) < 4.78 is 0. The molecule has 3 rings (SSSR count). The molecule has 2 aromatic rings. The average molecular weight is 392 g/mol. The Balaban J connectivity index is 1.47. The van der Waals surface area contributed by atoms with Crippen LogP contribution in [0.25, 0.3) is 0 Å². The van der Waals surface area contributed by atoms with Gasteiger partial charge in [-0.15, -0.1) is 0 Å². The van der Waals surface area contributed by atoms with E-state index in [1.807, 2.05) is 36.9 Å². The maximum Gasteiger partial charge on any atom is 0.313 e. The molecule has 2 heterocycles. The Kier molecular flexibility index (Phi) is 6.39. The number of nitriles is 1. The summed E-state index contributed by atoms with van der Waals surface area (Å²) >= 11 is 0. The van der Waals surface area contributed by atoms with Crippen molar-refractivity contribution in [2.45, 2.75) is 26.7 Å². The normalized spacial score (nSPS) is 14.2. The molecule has 0 spiro atoms. The van der Waals surface area contributed by atoms with Crippen molar-refractivity contribution >= 4 is 23.3 Å². The zero-order chi connectivity index (χ0) is 20.8. The van der Waals surface area contributed by atoms with E-state index in [4.69, 9.17) is 5.26 Å². The van der Waals surface area contributed by atoms with Crippen molar-refractivity contribution in [2.24, 2.45) is 5.92 Å². The van der Waals surface area contributed by atoms with Crippen molar-refractivity contribution in [1.82, 2.24) is 15.3 Å². The number of hydrogen-bond donors (Lipinski definition) is 2. The molecule has 0 bridgehead atoms. The predicted molar refractivity (Wildman–Crippen MR) is 109 cm³/mol. The van der Waals surface area contributed by atoms with Crippen molar-refractivity contribution < 1.29 is 9.59 Å². The highest BCUT2D eigenvalue weighted by atomic mass is 16.2. The number of hydrogen-bond acceptors (Lipinski definition) is 6. The van der Waals surface area contributed by atoms with Crippen LogP contribution in [0.2, 0.25) is 0 Å². The zero-order valence-electron chi connectivity index (χ0n) is 16.6. The molecule has 1 saturated heterocycles. The highest BCUT2D eigenvalue weighted by molar-refractivity contribution is 6.39. The molecule has 0 radical (unpaired) electrons. The minimum atomic E-state index is -0.661. The van der Waals surface area contributed by atoms with Crippen molar-refractivity contribution in [1.29, 1.82) is 5.26 Å². The van der Waals surface area contributed by atoms with Crippen LogP contribution in [0.3, 0.4) is 0 Å². The number of rotatable bonds is 4. The van der Waals surface area contributed by atoms with Crippen LogP contribution >= 0.6 is 0 Å². The number of piperidine rings is 1. The molecule has 2 N–H and O–H groups in total. The van der Waals surface area contributed by atoms with E-state index in [2.05, 4.69) is 26.7 Å². The number of aromatic nitrogens is 2. The van der Waals surface area contributed by atoms with Gasteiger partial charge in [-0.1, -0.05) is 6.07 Å². The molecule has 0 unspecified atom stereocenters. The molecule has 0 aliphatic carbocycles. The molecule has 1 aromatic carbocycles. The van der Waals surface area contributed by atoms with E-state index in [1.54, 1.807) is 6.20 Å². The lowest BCUT2D eigenvalue weighted by molar-refractivity contribution is -0.136. The molecular formula is C21H24N6O2. The van der Waals surface area contributed by atoms with Gasteiger partial charge in [-0.05, 0) is 55.9 Å². The summed E-state index contributed by atoms with van der Waals surface area (Å²) in [6.07, 6.45) is 4.76. The van der Waals surface area contributed by atoms with Gasteiger partial charge in [-0.3, -0.25) is 9.59 Å². The Morgan fingerprint density at radius 1 is 1.10 bits per heavy atom. The van der Waals surface area contributed by atoms with Crippen LogP contribution in [-0.4, -0.2) is 41.4 Å². The second kappa shape index (κ2) is 9.15. The number of carbonyl (C=O) groups is 2. The maximum absolute atomic E-state index is 12.1. The summed E-state index contributed by atoms with van der Waals surface area (Å²) in [6.45, 7) is 5.77. The molecule has 0 saturated carbocycles. The molecule has 1 aliphatic heterocycles. The topological polar surface area (TPSA) is 111 Å². The zero-order valence-corrected chi connectivity index (χ0v) is 16.6. The van der Waals surface area contributed by atoms with Crippen LogP contribution in [0.5, 0.6) is 0 Å². The highest BCUT2D eigenvalue weighted by Crippen LogP contribution is 2.22. The van der Waals surface area contributed by atoms with E-state index in [0.29, 0.717) is 23.7 Å². The Hall–Kier alpha value is -3.47. The standard InChI is InChI=1S/C21H24N6O2/c1-14-9-15(2)11-17(10-14)26-21(29)20(28)25-13-16-3-7-27(8-4-16)19-18(12-22)23-5-6-24-19/h5-6,9-11,16H,3-4,7-8,13H2,1-2H3,(H,25,28)(H,26,29). The van der Waals surface area contributed by atoms with Crippen molar-refractivity contribution in [3.63, 3.8) is 0 Å². The van der Waals surface area contributed by atoms with Gasteiger partial charge in [0.05, 0.1) is 0 Å². The minimum Gasteiger partial charge on any atom is -0.354 e. The van der Waals surface area contributed by atoms with Gasteiger partial charge in [0.1, 0.15) is 6.07 Å². The van der Waals surface area contributed by atoms with Crippen molar-refractivity contribution in [2.75, 3.05) is 29.9 Å². The van der Waals surface area contributed by atoms with Gasteiger partial charge < -0.3 is 15.5 Å². The Bertz CT molecular complexity index is 924. The number of nitrogens with zero attached hydrogens (tertiary/aromatic N) is 4. The minimum absolute atomic E-state index is 0.270. The summed E-state index contributed by atoms with van der Waals surface area (Å²) in [7, 11) is 0. The molecule has 1 aliphatic rings. The van der Waals surface area contributed by atoms with Crippen molar-refractivity contribution in [3.8, 4) is 6.07 Å². The summed E-state index contributed by atoms with van der Waals surface area (Å²) in [4.78, 5) is 34.6. The van der Waals surface area contributed by atoms with Crippen LogP contribution in [0, 0.1) is 31.1 Å². The molecule has 0 atom stereocenters. The van der Waals surface area contributed by atoms with Gasteiger partial charge in [0.2, 0.25) is 0 Å². The third-order valence-corrected chi connectivity index (χ3v) is 4.94. The van der Waals surface area contributed by atoms with Gasteiger partial charge in [-0.2, -0.15) is 5.26 Å². The number of anilines is 2. The van der Waals surface area contributed by atoms with Crippen LogP contribution in [-0.2, 0) is 9.59 Å². The number of aryl methyl sites for hydroxylation is 2. The third-order valence-electron chi connectivity index (χ3n) is 4.94. The Labute approximate surface area is 170 Å². The second-order valence-electron chi connectivity index (χ2n) is 7.31. The fourth-order valence-electron chi connectivity index (χ4n) is 3.54. The van der Waals surface area contributed by atoms with E-state index in [1.165, 1.54) is 6.20 Å². The predicted octanol–water partition coefficient (Wildman–Crippen LogP) is 1.94. The first-order valence-corrected chi connectivity index (χ1v) is 9.60. The third kappa shape index (κ3) is 5.29. The van der Waals surface area contributed by atoms with E-state index in [-0.39, 0.29) is 5.92 Å². The maximum atomic E-state index is 12.1. The first kappa shape index (κ1) is 20.3. The lowest BCUT2D eigenvalue weighted by Crippen LogP contribution is -2.42. The van der Waals surface area contributed by atoms with Crippen LogP contribution in [0.15, 0.2) is 30.6 Å². The Morgan fingerprint density at radius 3 is 2.41 bits per heavy atom. The van der Waals surface area contributed by atoms with Gasteiger partial charge in [-0.25, -0.2) is 9.97 Å². The molecule has 29 heavy (non-hydrogen) atoms. The molecule has 8 nitrogen and oxygen atoms in total. The quantitative estimate of drug-likeness (QED) is 0.769. The van der Waals surface area contributed by atoms with Crippen LogP contribution in [0.1, 0.15) is 29.7 Å². The largest absolute Gasteiger partial charge is 0.354 e. The van der Waals surface area contributed by atoms with Gasteiger partial charge >= 0.3 is 11.8 Å². The number of carbonyl (C=O) groups excluding carboxylic acids is 2. The number of nitrogens with one attached hydrogen (secondary N) is 2. The smallest absolute Gasteiger partial charge is 0.313 e. The fraction of sp³-hybridized carbons (Fsp3) is 0.381. The summed E-state index contributed by atoms with van der Waals surface area (Å²) in [5, 5.41) is 14.5. The monoisotopic (exact) mass is 392 g/mol. The Morgan fingerprint density at radius 2 is 1.76 bits per heavy atom. The number of amides is 2. The number of benzene rings is 1. The van der Waals surface area contributed by atoms with Gasteiger partial charge in [0.25, 0.3) is 0 Å². The summed E-state index contributed by atoms with van der Waals surface area (Å²) in [5.41, 5.74) is 2.99. The first-order valence-electron chi connectivity index (χ1n) is 9.60. The van der Waals surface area contributed by atoms with E-state index >= 15 is 0 Å². The molecule has 8 heteroatoms. The van der Waals surface area contributed by atoms with E-state index in [9.17, 15) is 9.59 Å².